The minimum Gasteiger partial charge on any atom is -0.381 e. The van der Waals surface area contributed by atoms with Crippen LogP contribution in [0.4, 0.5) is 10.7 Å². The second kappa shape index (κ2) is 6.16. The molecule has 6 heteroatoms. The summed E-state index contributed by atoms with van der Waals surface area (Å²) in [6.45, 7) is 2.70. The molecule has 1 heterocycles. The molecule has 0 aliphatic rings. The molecular weight excluding hydrogens is 328 g/mol. The zero-order valence-corrected chi connectivity index (χ0v) is 12.8. The molecule has 0 unspecified atom stereocenters. The highest BCUT2D eigenvalue weighted by Gasteiger charge is 2.09. The number of nitrogens with zero attached hydrogens (tertiary/aromatic N) is 1. The zero-order chi connectivity index (χ0) is 13.8. The molecule has 0 radical (unpaired) electrons. The van der Waals surface area contributed by atoms with Crippen LogP contribution in [0.1, 0.15) is 18.1 Å². The molecular formula is C13H13BrN2O2S. The van der Waals surface area contributed by atoms with Crippen molar-refractivity contribution in [3.63, 3.8) is 0 Å². The summed E-state index contributed by atoms with van der Waals surface area (Å²) in [6.07, 6.45) is 0.936. The van der Waals surface area contributed by atoms with Crippen molar-refractivity contribution in [2.45, 2.75) is 19.9 Å². The first-order valence-corrected chi connectivity index (χ1v) is 7.51. The summed E-state index contributed by atoms with van der Waals surface area (Å²) in [6, 6.07) is 7.70. The van der Waals surface area contributed by atoms with Crippen LogP contribution in [-0.2, 0) is 13.0 Å². The van der Waals surface area contributed by atoms with E-state index in [0.29, 0.717) is 6.54 Å². The highest BCUT2D eigenvalue weighted by atomic mass is 79.9. The number of hydrogen-bond acceptors (Lipinski definition) is 4. The Bertz CT molecular complexity index is 598. The number of nitro groups is 1. The number of aryl methyl sites for hydroxylation is 1. The zero-order valence-electron chi connectivity index (χ0n) is 10.4. The lowest BCUT2D eigenvalue weighted by Gasteiger charge is -2.10. The Labute approximate surface area is 123 Å². The Hall–Kier alpha value is -1.40. The van der Waals surface area contributed by atoms with Crippen LogP contribution >= 0.6 is 27.3 Å². The van der Waals surface area contributed by atoms with Crippen molar-refractivity contribution < 1.29 is 4.92 Å². The smallest absolute Gasteiger partial charge is 0.324 e. The van der Waals surface area contributed by atoms with Gasteiger partial charge in [0.1, 0.15) is 0 Å². The topological polar surface area (TPSA) is 55.2 Å². The molecule has 1 aromatic heterocycles. The van der Waals surface area contributed by atoms with Crippen molar-refractivity contribution in [3.8, 4) is 0 Å². The number of anilines is 1. The van der Waals surface area contributed by atoms with Crippen molar-refractivity contribution in [2.75, 3.05) is 5.32 Å². The predicted octanol–water partition coefficient (Wildman–Crippen LogP) is 4.59. The summed E-state index contributed by atoms with van der Waals surface area (Å²) >= 11 is 4.61. The number of benzene rings is 1. The summed E-state index contributed by atoms with van der Waals surface area (Å²) in [5, 5.41) is 15.9. The fourth-order valence-electron chi connectivity index (χ4n) is 1.78. The third-order valence-electron chi connectivity index (χ3n) is 2.75. The van der Waals surface area contributed by atoms with E-state index in [1.165, 1.54) is 5.56 Å². The average molecular weight is 341 g/mol. The maximum Gasteiger partial charge on any atom is 0.324 e. The first-order valence-electron chi connectivity index (χ1n) is 5.84. The summed E-state index contributed by atoms with van der Waals surface area (Å²) < 4.78 is 1.06. The van der Waals surface area contributed by atoms with Crippen LogP contribution in [0.5, 0.6) is 0 Å². The third-order valence-corrected chi connectivity index (χ3v) is 4.17. The lowest BCUT2D eigenvalue weighted by molar-refractivity contribution is -0.380. The first-order chi connectivity index (χ1) is 9.10. The molecule has 0 fully saturated rings. The standard InChI is InChI=1S/C13H13BrN2O2S/c1-2-10-6-11(14)3-4-12(10)15-7-9-5-13(16(17)18)19-8-9/h3-6,8,15H,2,7H2,1H3. The van der Waals surface area contributed by atoms with E-state index in [0.717, 1.165) is 33.5 Å². The molecule has 19 heavy (non-hydrogen) atoms. The van der Waals surface area contributed by atoms with E-state index >= 15 is 0 Å². The third kappa shape index (κ3) is 3.54. The maximum absolute atomic E-state index is 10.6. The van der Waals surface area contributed by atoms with Crippen LogP contribution < -0.4 is 5.32 Å². The van der Waals surface area contributed by atoms with Gasteiger partial charge < -0.3 is 5.32 Å². The highest BCUT2D eigenvalue weighted by molar-refractivity contribution is 9.10. The van der Waals surface area contributed by atoms with Crippen molar-refractivity contribution in [1.82, 2.24) is 0 Å². The van der Waals surface area contributed by atoms with E-state index in [1.54, 1.807) is 6.07 Å². The van der Waals surface area contributed by atoms with Gasteiger partial charge in [-0.15, -0.1) is 0 Å². The minimum atomic E-state index is -0.356. The number of nitrogens with one attached hydrogen (secondary N) is 1. The highest BCUT2D eigenvalue weighted by Crippen LogP contribution is 2.25. The second-order valence-electron chi connectivity index (χ2n) is 4.06. The molecule has 0 spiro atoms. The molecule has 1 aromatic carbocycles. The molecule has 0 amide bonds. The molecule has 100 valence electrons. The summed E-state index contributed by atoms with van der Waals surface area (Å²) in [5.41, 5.74) is 3.22. The van der Waals surface area contributed by atoms with Crippen LogP contribution in [0.15, 0.2) is 34.1 Å². The van der Waals surface area contributed by atoms with Gasteiger partial charge in [0.25, 0.3) is 0 Å². The fourth-order valence-corrected chi connectivity index (χ4v) is 2.91. The van der Waals surface area contributed by atoms with Gasteiger partial charge in [-0.25, -0.2) is 0 Å². The van der Waals surface area contributed by atoms with Crippen LogP contribution in [0.3, 0.4) is 0 Å². The van der Waals surface area contributed by atoms with Crippen molar-refractivity contribution in [2.24, 2.45) is 0 Å². The molecule has 2 rings (SSSR count). The Morgan fingerprint density at radius 1 is 1.42 bits per heavy atom. The molecule has 0 bridgehead atoms. The van der Waals surface area contributed by atoms with Crippen LogP contribution in [0.2, 0.25) is 0 Å². The maximum atomic E-state index is 10.6. The van der Waals surface area contributed by atoms with Gasteiger partial charge >= 0.3 is 5.00 Å². The molecule has 0 aliphatic heterocycles. The Morgan fingerprint density at radius 3 is 2.84 bits per heavy atom. The van der Waals surface area contributed by atoms with E-state index < -0.39 is 0 Å². The van der Waals surface area contributed by atoms with Crippen LogP contribution in [-0.4, -0.2) is 4.92 Å². The molecule has 0 atom stereocenters. The van der Waals surface area contributed by atoms with Crippen molar-refractivity contribution in [3.05, 3.63) is 55.4 Å². The lowest BCUT2D eigenvalue weighted by atomic mass is 10.1. The van der Waals surface area contributed by atoms with E-state index in [2.05, 4.69) is 34.2 Å². The van der Waals surface area contributed by atoms with E-state index in [9.17, 15) is 10.1 Å². The minimum absolute atomic E-state index is 0.184. The van der Waals surface area contributed by atoms with Gasteiger partial charge in [0.05, 0.1) is 4.92 Å². The molecule has 0 aliphatic carbocycles. The first kappa shape index (κ1) is 14.0. The van der Waals surface area contributed by atoms with Gasteiger partial charge in [-0.05, 0) is 35.7 Å². The van der Waals surface area contributed by atoms with Gasteiger partial charge in [-0.1, -0.05) is 34.2 Å². The Balaban J connectivity index is 2.07. The predicted molar refractivity (Wildman–Crippen MR) is 81.8 cm³/mol. The SMILES string of the molecule is CCc1cc(Br)ccc1NCc1csc([N+](=O)[O-])c1. The lowest BCUT2D eigenvalue weighted by Crippen LogP contribution is -2.01. The van der Waals surface area contributed by atoms with Crippen molar-refractivity contribution >= 4 is 38.0 Å². The molecule has 0 saturated carbocycles. The Morgan fingerprint density at radius 2 is 2.21 bits per heavy atom. The number of thiophene rings is 1. The summed E-state index contributed by atoms with van der Waals surface area (Å²) in [5.74, 6) is 0. The van der Waals surface area contributed by atoms with Gasteiger partial charge in [0, 0.05) is 28.2 Å². The van der Waals surface area contributed by atoms with Gasteiger partial charge in [0.15, 0.2) is 0 Å². The largest absolute Gasteiger partial charge is 0.381 e. The molecule has 0 saturated heterocycles. The van der Waals surface area contributed by atoms with Gasteiger partial charge in [0.2, 0.25) is 0 Å². The van der Waals surface area contributed by atoms with Crippen LogP contribution in [0, 0.1) is 10.1 Å². The average Bonchev–Trinajstić information content (AvgIpc) is 2.86. The normalized spacial score (nSPS) is 10.4. The number of halogens is 1. The van der Waals surface area contributed by atoms with E-state index in [4.69, 9.17) is 0 Å². The second-order valence-corrected chi connectivity index (χ2v) is 5.86. The quantitative estimate of drug-likeness (QED) is 0.639. The fraction of sp³-hybridized carbons (Fsp3) is 0.231. The van der Waals surface area contributed by atoms with Gasteiger partial charge in [-0.2, -0.15) is 0 Å². The summed E-state index contributed by atoms with van der Waals surface area (Å²) in [7, 11) is 0. The van der Waals surface area contributed by atoms with Crippen LogP contribution in [0.25, 0.3) is 0 Å². The molecule has 4 nitrogen and oxygen atoms in total. The van der Waals surface area contributed by atoms with E-state index in [1.807, 2.05) is 17.5 Å². The van der Waals surface area contributed by atoms with E-state index in [-0.39, 0.29) is 9.92 Å². The molecule has 2 aromatic rings. The monoisotopic (exact) mass is 340 g/mol. The Kier molecular flexibility index (Phi) is 4.55. The molecule has 1 N–H and O–H groups in total. The van der Waals surface area contributed by atoms with Gasteiger partial charge in [-0.3, -0.25) is 10.1 Å². The number of hydrogen-bond donors (Lipinski definition) is 1. The summed E-state index contributed by atoms with van der Waals surface area (Å²) in [4.78, 5) is 10.3. The number of rotatable bonds is 5. The van der Waals surface area contributed by atoms with Crippen molar-refractivity contribution in [1.29, 1.82) is 0 Å².